The highest BCUT2D eigenvalue weighted by Gasteiger charge is 2.07. The van der Waals surface area contributed by atoms with E-state index in [1.807, 2.05) is 19.1 Å². The average molecular weight is 235 g/mol. The summed E-state index contributed by atoms with van der Waals surface area (Å²) in [5.74, 6) is 0. The van der Waals surface area contributed by atoms with Crippen LogP contribution in [0.15, 0.2) is 18.2 Å². The van der Waals surface area contributed by atoms with Crippen molar-refractivity contribution >= 4 is 22.5 Å². The van der Waals surface area contributed by atoms with E-state index in [2.05, 4.69) is 18.0 Å². The molecule has 2 aromatic rings. The largest absolute Gasteiger partial charge is 0.330 e. The van der Waals surface area contributed by atoms with Gasteiger partial charge in [0, 0.05) is 22.5 Å². The van der Waals surface area contributed by atoms with Crippen LogP contribution in [0.25, 0.3) is 10.9 Å². The quantitative estimate of drug-likeness (QED) is 0.868. The molecule has 1 heterocycles. The predicted molar refractivity (Wildman–Crippen MR) is 69.0 cm³/mol. The molecule has 0 amide bonds. The smallest absolute Gasteiger partial charge is 0.0749 e. The highest BCUT2D eigenvalue weighted by molar-refractivity contribution is 6.35. The van der Waals surface area contributed by atoms with Gasteiger partial charge in [-0.15, -0.1) is 0 Å². The molecule has 0 unspecified atom stereocenters. The molecule has 0 aliphatic carbocycles. The van der Waals surface area contributed by atoms with Crippen molar-refractivity contribution in [3.63, 3.8) is 0 Å². The van der Waals surface area contributed by atoms with Crippen molar-refractivity contribution < 1.29 is 0 Å². The minimum Gasteiger partial charge on any atom is -0.330 e. The summed E-state index contributed by atoms with van der Waals surface area (Å²) in [6, 6.07) is 6.02. The first-order valence-electron chi connectivity index (χ1n) is 5.39. The fourth-order valence-electron chi connectivity index (χ4n) is 1.89. The zero-order chi connectivity index (χ0) is 11.7. The van der Waals surface area contributed by atoms with Gasteiger partial charge in [-0.1, -0.05) is 17.7 Å². The zero-order valence-electron chi connectivity index (χ0n) is 9.55. The van der Waals surface area contributed by atoms with Gasteiger partial charge in [-0.2, -0.15) is 0 Å². The van der Waals surface area contributed by atoms with Gasteiger partial charge >= 0.3 is 0 Å². The van der Waals surface area contributed by atoms with Crippen LogP contribution in [0.5, 0.6) is 0 Å². The topological polar surface area (TPSA) is 38.9 Å². The van der Waals surface area contributed by atoms with Crippen LogP contribution in [-0.4, -0.2) is 11.5 Å². The molecule has 0 spiro atoms. The molecule has 0 aliphatic rings. The van der Waals surface area contributed by atoms with Gasteiger partial charge in [-0.25, -0.2) is 0 Å². The number of rotatable bonds is 2. The highest BCUT2D eigenvalue weighted by atomic mass is 35.5. The maximum absolute atomic E-state index is 6.17. The van der Waals surface area contributed by atoms with Gasteiger partial charge < -0.3 is 5.73 Å². The van der Waals surface area contributed by atoms with Crippen LogP contribution in [0, 0.1) is 13.8 Å². The number of aromatic nitrogens is 1. The number of nitrogens with two attached hydrogens (primary N) is 1. The first kappa shape index (κ1) is 11.4. The third kappa shape index (κ3) is 1.91. The van der Waals surface area contributed by atoms with Gasteiger partial charge in [0.25, 0.3) is 0 Å². The van der Waals surface area contributed by atoms with E-state index in [-0.39, 0.29) is 0 Å². The van der Waals surface area contributed by atoms with Gasteiger partial charge in [0.15, 0.2) is 0 Å². The number of hydrogen-bond donors (Lipinski definition) is 1. The standard InChI is InChI=1S/C13H15ClN2/c1-8-3-4-11(14)10-7-9(2)12(5-6-15)16-13(8)10/h3-4,7H,5-6,15H2,1-2H3. The van der Waals surface area contributed by atoms with E-state index in [1.54, 1.807) is 0 Å². The summed E-state index contributed by atoms with van der Waals surface area (Å²) in [6.45, 7) is 4.72. The molecule has 2 nitrogen and oxygen atoms in total. The van der Waals surface area contributed by atoms with Crippen LogP contribution in [0.4, 0.5) is 0 Å². The number of benzene rings is 1. The molecule has 2 rings (SSSR count). The molecular weight excluding hydrogens is 220 g/mol. The summed E-state index contributed by atoms with van der Waals surface area (Å²) < 4.78 is 0. The lowest BCUT2D eigenvalue weighted by molar-refractivity contribution is 0.918. The first-order chi connectivity index (χ1) is 7.63. The van der Waals surface area contributed by atoms with Crippen molar-refractivity contribution in [3.05, 3.63) is 40.0 Å². The molecule has 0 saturated heterocycles. The SMILES string of the molecule is Cc1cc2c(Cl)ccc(C)c2nc1CCN. The number of fused-ring (bicyclic) bond motifs is 1. The second-order valence-corrected chi connectivity index (χ2v) is 4.46. The number of aryl methyl sites for hydroxylation is 2. The van der Waals surface area contributed by atoms with Crippen molar-refractivity contribution in [2.45, 2.75) is 20.3 Å². The summed E-state index contributed by atoms with van der Waals surface area (Å²) in [6.07, 6.45) is 0.813. The summed E-state index contributed by atoms with van der Waals surface area (Å²) in [5.41, 5.74) is 9.94. The Kier molecular flexibility index (Phi) is 3.13. The second kappa shape index (κ2) is 4.40. The van der Waals surface area contributed by atoms with Crippen molar-refractivity contribution in [2.75, 3.05) is 6.54 Å². The third-order valence-corrected chi connectivity index (χ3v) is 3.14. The molecule has 0 radical (unpaired) electrons. The minimum atomic E-state index is 0.624. The maximum Gasteiger partial charge on any atom is 0.0749 e. The van der Waals surface area contributed by atoms with Gasteiger partial charge in [0.2, 0.25) is 0 Å². The second-order valence-electron chi connectivity index (χ2n) is 4.05. The molecule has 0 fully saturated rings. The Balaban J connectivity index is 2.73. The fourth-order valence-corrected chi connectivity index (χ4v) is 2.10. The Morgan fingerprint density at radius 3 is 2.69 bits per heavy atom. The lowest BCUT2D eigenvalue weighted by atomic mass is 10.1. The first-order valence-corrected chi connectivity index (χ1v) is 5.76. The Hall–Kier alpha value is -1.12. The Morgan fingerprint density at radius 1 is 1.25 bits per heavy atom. The van der Waals surface area contributed by atoms with Crippen molar-refractivity contribution in [1.29, 1.82) is 0 Å². The van der Waals surface area contributed by atoms with Crippen molar-refractivity contribution in [1.82, 2.24) is 4.98 Å². The van der Waals surface area contributed by atoms with Gasteiger partial charge in [-0.05, 0) is 43.7 Å². The number of halogens is 1. The predicted octanol–water partition coefficient (Wildman–Crippen LogP) is 3.01. The van der Waals surface area contributed by atoms with Crippen LogP contribution in [0.2, 0.25) is 5.02 Å². The minimum absolute atomic E-state index is 0.624. The number of nitrogens with zero attached hydrogens (tertiary/aromatic N) is 1. The molecule has 1 aromatic carbocycles. The molecule has 0 aliphatic heterocycles. The fraction of sp³-hybridized carbons (Fsp3) is 0.308. The molecule has 84 valence electrons. The average Bonchev–Trinajstić information content (AvgIpc) is 2.26. The normalized spacial score (nSPS) is 11.0. The van der Waals surface area contributed by atoms with E-state index in [4.69, 9.17) is 17.3 Å². The molecule has 0 bridgehead atoms. The lowest BCUT2D eigenvalue weighted by Crippen LogP contribution is -2.06. The van der Waals surface area contributed by atoms with Gasteiger partial charge in [0.1, 0.15) is 0 Å². The van der Waals surface area contributed by atoms with E-state index in [9.17, 15) is 0 Å². The van der Waals surface area contributed by atoms with Crippen LogP contribution >= 0.6 is 11.6 Å². The molecule has 3 heteroatoms. The number of pyridine rings is 1. The summed E-state index contributed by atoms with van der Waals surface area (Å²) in [4.78, 5) is 4.66. The van der Waals surface area contributed by atoms with Crippen molar-refractivity contribution in [2.24, 2.45) is 5.73 Å². The summed E-state index contributed by atoms with van der Waals surface area (Å²) >= 11 is 6.17. The van der Waals surface area contributed by atoms with E-state index in [0.29, 0.717) is 6.54 Å². The summed E-state index contributed by atoms with van der Waals surface area (Å²) in [5, 5.41) is 1.79. The molecule has 2 N–H and O–H groups in total. The molecule has 0 atom stereocenters. The highest BCUT2D eigenvalue weighted by Crippen LogP contribution is 2.26. The van der Waals surface area contributed by atoms with E-state index in [0.717, 1.165) is 39.2 Å². The molecule has 1 aromatic heterocycles. The maximum atomic E-state index is 6.17. The van der Waals surface area contributed by atoms with Gasteiger partial charge in [-0.3, -0.25) is 4.98 Å². The van der Waals surface area contributed by atoms with Crippen molar-refractivity contribution in [3.8, 4) is 0 Å². The van der Waals surface area contributed by atoms with E-state index in [1.165, 1.54) is 0 Å². The Bertz CT molecular complexity index is 535. The van der Waals surface area contributed by atoms with Crippen LogP contribution in [-0.2, 0) is 6.42 Å². The van der Waals surface area contributed by atoms with E-state index >= 15 is 0 Å². The zero-order valence-corrected chi connectivity index (χ0v) is 10.3. The van der Waals surface area contributed by atoms with E-state index < -0.39 is 0 Å². The molecular formula is C13H15ClN2. The Morgan fingerprint density at radius 2 is 2.00 bits per heavy atom. The Labute approximate surface area is 100 Å². The molecule has 16 heavy (non-hydrogen) atoms. The van der Waals surface area contributed by atoms with Crippen LogP contribution < -0.4 is 5.73 Å². The molecule has 0 saturated carbocycles. The van der Waals surface area contributed by atoms with Crippen LogP contribution in [0.3, 0.4) is 0 Å². The van der Waals surface area contributed by atoms with Gasteiger partial charge in [0.05, 0.1) is 5.52 Å². The summed E-state index contributed by atoms with van der Waals surface area (Å²) in [7, 11) is 0. The third-order valence-electron chi connectivity index (χ3n) is 2.81. The van der Waals surface area contributed by atoms with Crippen LogP contribution in [0.1, 0.15) is 16.8 Å². The monoisotopic (exact) mass is 234 g/mol. The number of hydrogen-bond acceptors (Lipinski definition) is 2. The lowest BCUT2D eigenvalue weighted by Gasteiger charge is -2.09.